The van der Waals surface area contributed by atoms with Crippen LogP contribution in [0, 0.1) is 0 Å². The summed E-state index contributed by atoms with van der Waals surface area (Å²) >= 11 is 0. The smallest absolute Gasteiger partial charge is 0.193 e. The number of ketones is 2. The lowest BCUT2D eigenvalue weighted by molar-refractivity contribution is 0.103. The van der Waals surface area contributed by atoms with Crippen molar-refractivity contribution >= 4 is 11.6 Å². The Labute approximate surface area is 219 Å². The van der Waals surface area contributed by atoms with Gasteiger partial charge in [-0.1, -0.05) is 73.9 Å². The Hall–Kier alpha value is -4.44. The van der Waals surface area contributed by atoms with Crippen molar-refractivity contribution in [3.8, 4) is 11.5 Å². The molecule has 0 fully saturated rings. The monoisotopic (exact) mass is 494 g/mol. The Balaban J connectivity index is 0.000000278. The highest BCUT2D eigenvalue weighted by atomic mass is 16.5. The van der Waals surface area contributed by atoms with Crippen molar-refractivity contribution < 1.29 is 19.4 Å². The van der Waals surface area contributed by atoms with Gasteiger partial charge in [0.1, 0.15) is 17.1 Å². The summed E-state index contributed by atoms with van der Waals surface area (Å²) in [6.07, 6.45) is 9.68. The van der Waals surface area contributed by atoms with Crippen molar-refractivity contribution in [3.63, 3.8) is 0 Å². The molecule has 190 valence electrons. The maximum Gasteiger partial charge on any atom is 0.193 e. The van der Waals surface area contributed by atoms with Gasteiger partial charge in [0.2, 0.25) is 0 Å². The zero-order valence-corrected chi connectivity index (χ0v) is 21.7. The number of phenolic OH excluding ortho intramolecular Hbond substituents is 1. The lowest BCUT2D eigenvalue weighted by Crippen LogP contribution is -2.27. The first kappa shape index (κ1) is 28.8. The van der Waals surface area contributed by atoms with Crippen LogP contribution < -0.4 is 4.74 Å². The Kier molecular flexibility index (Phi) is 11.1. The zero-order chi connectivity index (χ0) is 27.3. The van der Waals surface area contributed by atoms with Crippen LogP contribution in [0.25, 0.3) is 0 Å². The van der Waals surface area contributed by atoms with Gasteiger partial charge in [-0.2, -0.15) is 0 Å². The Morgan fingerprint density at radius 2 is 1.43 bits per heavy atom. The fourth-order valence-electron chi connectivity index (χ4n) is 3.34. The Morgan fingerprint density at radius 1 is 0.865 bits per heavy atom. The molecule has 3 aromatic rings. The third-order valence-corrected chi connectivity index (χ3v) is 5.30. The second-order valence-electron chi connectivity index (χ2n) is 8.79. The summed E-state index contributed by atoms with van der Waals surface area (Å²) in [5, 5.41) is 9.10. The normalized spacial score (nSPS) is 11.3. The third kappa shape index (κ3) is 9.26. The van der Waals surface area contributed by atoms with Gasteiger partial charge in [0.15, 0.2) is 11.6 Å². The van der Waals surface area contributed by atoms with Gasteiger partial charge in [-0.05, 0) is 69.3 Å². The minimum Gasteiger partial charge on any atom is -0.508 e. The van der Waals surface area contributed by atoms with Crippen molar-refractivity contribution in [1.29, 1.82) is 0 Å². The van der Waals surface area contributed by atoms with Crippen LogP contribution in [0.1, 0.15) is 53.5 Å². The highest BCUT2D eigenvalue weighted by Gasteiger charge is 2.18. The average Bonchev–Trinajstić information content (AvgIpc) is 2.91. The fraction of sp³-hybridized carbons (Fsp3) is 0.152. The summed E-state index contributed by atoms with van der Waals surface area (Å²) < 4.78 is 5.96. The Morgan fingerprint density at radius 3 is 1.97 bits per heavy atom. The summed E-state index contributed by atoms with van der Waals surface area (Å²) in [6, 6.07) is 22.5. The van der Waals surface area contributed by atoms with E-state index in [2.05, 4.69) is 19.2 Å². The van der Waals surface area contributed by atoms with Gasteiger partial charge in [0.05, 0.1) is 0 Å². The molecular formula is C33H34O4. The SMILES string of the molecule is C=C/C=C(\C=C)C(=O)c1ccc(OC(C)(C)C/C=C\C)cc1.O=C(c1ccccc1)c1ccc(O)cc1. The number of hydrogen-bond donors (Lipinski definition) is 1. The third-order valence-electron chi connectivity index (χ3n) is 5.30. The maximum absolute atomic E-state index is 12.3. The van der Waals surface area contributed by atoms with Crippen LogP contribution >= 0.6 is 0 Å². The van der Waals surface area contributed by atoms with E-state index in [1.54, 1.807) is 48.6 Å². The molecule has 0 aromatic heterocycles. The molecule has 4 heteroatoms. The minimum absolute atomic E-state index is 0.0319. The summed E-state index contributed by atoms with van der Waals surface area (Å²) in [7, 11) is 0. The first-order valence-electron chi connectivity index (χ1n) is 12.0. The van der Waals surface area contributed by atoms with Gasteiger partial charge in [-0.15, -0.1) is 0 Å². The number of ether oxygens (including phenoxy) is 1. The van der Waals surface area contributed by atoms with E-state index >= 15 is 0 Å². The number of Topliss-reactive ketones (excluding diaryl/α,β-unsaturated/α-hetero) is 1. The van der Waals surface area contributed by atoms with E-state index < -0.39 is 0 Å². The zero-order valence-electron chi connectivity index (χ0n) is 21.7. The van der Waals surface area contributed by atoms with E-state index in [-0.39, 0.29) is 22.9 Å². The van der Waals surface area contributed by atoms with Gasteiger partial charge >= 0.3 is 0 Å². The molecule has 37 heavy (non-hydrogen) atoms. The lowest BCUT2D eigenvalue weighted by Gasteiger charge is -2.25. The van der Waals surface area contributed by atoms with Crippen molar-refractivity contribution in [1.82, 2.24) is 0 Å². The molecule has 0 heterocycles. The number of allylic oxidation sites excluding steroid dienone is 5. The summed E-state index contributed by atoms with van der Waals surface area (Å²) in [4.78, 5) is 24.1. The topological polar surface area (TPSA) is 63.6 Å². The maximum atomic E-state index is 12.3. The van der Waals surface area contributed by atoms with Gasteiger partial charge < -0.3 is 9.84 Å². The second kappa shape index (κ2) is 14.2. The van der Waals surface area contributed by atoms with Gasteiger partial charge in [-0.25, -0.2) is 0 Å². The van der Waals surface area contributed by atoms with Gasteiger partial charge in [-0.3, -0.25) is 9.59 Å². The van der Waals surface area contributed by atoms with E-state index in [1.165, 1.54) is 18.2 Å². The number of aromatic hydroxyl groups is 1. The number of rotatable bonds is 10. The fourth-order valence-corrected chi connectivity index (χ4v) is 3.34. The number of phenols is 1. The summed E-state index contributed by atoms with van der Waals surface area (Å²) in [6.45, 7) is 13.3. The molecular weight excluding hydrogens is 460 g/mol. The molecule has 0 saturated heterocycles. The van der Waals surface area contributed by atoms with Crippen LogP contribution in [0.15, 0.2) is 128 Å². The number of carbonyl (C=O) groups is 2. The summed E-state index contributed by atoms with van der Waals surface area (Å²) in [5.41, 5.74) is 2.08. The molecule has 0 aliphatic rings. The molecule has 0 amide bonds. The quantitative estimate of drug-likeness (QED) is 0.135. The van der Waals surface area contributed by atoms with Crippen molar-refractivity contribution in [3.05, 3.63) is 145 Å². The molecule has 4 nitrogen and oxygen atoms in total. The van der Waals surface area contributed by atoms with Crippen LogP contribution in [0.5, 0.6) is 11.5 Å². The average molecular weight is 495 g/mol. The Bertz CT molecular complexity index is 1250. The van der Waals surface area contributed by atoms with E-state index in [0.29, 0.717) is 22.3 Å². The van der Waals surface area contributed by atoms with Gasteiger partial charge in [0, 0.05) is 28.7 Å². The molecule has 0 saturated carbocycles. The van der Waals surface area contributed by atoms with Crippen LogP contribution in [0.3, 0.4) is 0 Å². The van der Waals surface area contributed by atoms with Crippen molar-refractivity contribution in [2.75, 3.05) is 0 Å². The molecule has 3 rings (SSSR count). The minimum atomic E-state index is -0.285. The van der Waals surface area contributed by atoms with E-state index in [0.717, 1.165) is 12.2 Å². The molecule has 1 N–H and O–H groups in total. The van der Waals surface area contributed by atoms with Crippen LogP contribution in [0.2, 0.25) is 0 Å². The number of hydrogen-bond acceptors (Lipinski definition) is 4. The van der Waals surface area contributed by atoms with Crippen molar-refractivity contribution in [2.24, 2.45) is 0 Å². The highest BCUT2D eigenvalue weighted by molar-refractivity contribution is 6.10. The molecule has 0 bridgehead atoms. The van der Waals surface area contributed by atoms with E-state index in [4.69, 9.17) is 9.84 Å². The van der Waals surface area contributed by atoms with Crippen molar-refractivity contribution in [2.45, 2.75) is 32.8 Å². The van der Waals surface area contributed by atoms with Crippen LogP contribution in [-0.2, 0) is 0 Å². The van der Waals surface area contributed by atoms with E-state index in [1.807, 2.05) is 57.2 Å². The largest absolute Gasteiger partial charge is 0.508 e. The van der Waals surface area contributed by atoms with E-state index in [9.17, 15) is 9.59 Å². The molecule has 0 atom stereocenters. The highest BCUT2D eigenvalue weighted by Crippen LogP contribution is 2.23. The first-order valence-corrected chi connectivity index (χ1v) is 12.0. The molecule has 0 unspecified atom stereocenters. The molecule has 0 spiro atoms. The number of carbonyl (C=O) groups excluding carboxylic acids is 2. The van der Waals surface area contributed by atoms with Crippen LogP contribution in [-0.4, -0.2) is 22.3 Å². The second-order valence-corrected chi connectivity index (χ2v) is 8.79. The predicted octanol–water partition coefficient (Wildman–Crippen LogP) is 7.91. The molecule has 0 aliphatic carbocycles. The standard InChI is InChI=1S/C20H24O2.C13H10O2/c1-6-9-15-20(4,5)22-18-13-11-17(12-14-18)19(21)16(8-3)10-7-2;14-12-8-6-11(7-9-12)13(15)10-4-2-1-3-5-10/h6-14H,2-3,15H2,1,4-5H3;1-9,14H/b9-6-,16-10+;. The van der Waals surface area contributed by atoms with Gasteiger partial charge in [0.25, 0.3) is 0 Å². The summed E-state index contributed by atoms with van der Waals surface area (Å²) in [5.74, 6) is 0.809. The van der Waals surface area contributed by atoms with Crippen LogP contribution in [0.4, 0.5) is 0 Å². The number of benzene rings is 3. The first-order chi connectivity index (χ1) is 17.7. The molecule has 0 aliphatic heterocycles. The molecule has 3 aromatic carbocycles. The predicted molar refractivity (Wildman–Crippen MR) is 151 cm³/mol. The molecule has 0 radical (unpaired) electrons. The lowest BCUT2D eigenvalue weighted by atomic mass is 10.0.